The number of nitrogens with zero attached hydrogens (tertiary/aromatic N) is 4. The Balaban J connectivity index is 2.31. The van der Waals surface area contributed by atoms with Gasteiger partial charge >= 0.3 is 0 Å². The summed E-state index contributed by atoms with van der Waals surface area (Å²) in [5.41, 5.74) is 1.90. The highest BCUT2D eigenvalue weighted by molar-refractivity contribution is 5.59. The minimum Gasteiger partial charge on any atom is -0.324 e. The van der Waals surface area contributed by atoms with Gasteiger partial charge in [-0.2, -0.15) is 10.4 Å². The molecule has 1 aromatic carbocycles. The number of benzene rings is 1. The molecule has 1 heterocycles. The van der Waals surface area contributed by atoms with E-state index in [2.05, 4.69) is 16.3 Å². The molecule has 90 valence electrons. The van der Waals surface area contributed by atoms with Crippen LogP contribution in [0.1, 0.15) is 12.1 Å². The zero-order chi connectivity index (χ0) is 12.8. The fourth-order valence-corrected chi connectivity index (χ4v) is 1.68. The molecular weight excluding hydrogens is 224 g/mol. The van der Waals surface area contributed by atoms with Gasteiger partial charge < -0.3 is 4.90 Å². The minimum atomic E-state index is 0.449. The Morgan fingerprint density at radius 3 is 2.50 bits per heavy atom. The van der Waals surface area contributed by atoms with Gasteiger partial charge in [0.2, 0.25) is 0 Å². The second-order valence-electron chi connectivity index (χ2n) is 3.93. The van der Waals surface area contributed by atoms with Crippen molar-refractivity contribution < 1.29 is 0 Å². The molecule has 18 heavy (non-hydrogen) atoms. The Kier molecular flexibility index (Phi) is 3.87. The Labute approximate surface area is 107 Å². The summed E-state index contributed by atoms with van der Waals surface area (Å²) in [7, 11) is 0. The Morgan fingerprint density at radius 2 is 1.89 bits per heavy atom. The zero-order valence-corrected chi connectivity index (χ0v) is 10.2. The lowest BCUT2D eigenvalue weighted by atomic mass is 10.2. The van der Waals surface area contributed by atoms with Crippen LogP contribution in [0.25, 0.3) is 0 Å². The quantitative estimate of drug-likeness (QED) is 0.821. The lowest BCUT2D eigenvalue weighted by Crippen LogP contribution is -2.19. The molecule has 0 saturated carbocycles. The summed E-state index contributed by atoms with van der Waals surface area (Å²) in [6.07, 6.45) is 0.449. The average Bonchev–Trinajstić information content (AvgIpc) is 2.42. The third-order valence-corrected chi connectivity index (χ3v) is 2.58. The number of aromatic nitrogens is 2. The van der Waals surface area contributed by atoms with E-state index < -0.39 is 0 Å². The molecule has 0 radical (unpaired) electrons. The summed E-state index contributed by atoms with van der Waals surface area (Å²) >= 11 is 0. The van der Waals surface area contributed by atoms with Crippen LogP contribution in [0.4, 0.5) is 11.5 Å². The molecule has 0 aliphatic carbocycles. The van der Waals surface area contributed by atoms with E-state index in [1.54, 1.807) is 0 Å². The van der Waals surface area contributed by atoms with Gasteiger partial charge in [0.15, 0.2) is 5.82 Å². The molecule has 4 heteroatoms. The Bertz CT molecular complexity index is 528. The number of nitriles is 1. The molecule has 0 bridgehead atoms. The van der Waals surface area contributed by atoms with E-state index in [1.165, 1.54) is 0 Å². The molecule has 2 aromatic rings. The third-order valence-electron chi connectivity index (χ3n) is 2.58. The summed E-state index contributed by atoms with van der Waals surface area (Å²) in [5, 5.41) is 17.0. The maximum absolute atomic E-state index is 8.74. The summed E-state index contributed by atoms with van der Waals surface area (Å²) in [6.45, 7) is 2.51. The normalized spacial score (nSPS) is 9.78. The Morgan fingerprint density at radius 1 is 1.11 bits per heavy atom. The molecule has 0 aliphatic rings. The minimum absolute atomic E-state index is 0.449. The number of anilines is 2. The molecule has 0 fully saturated rings. The number of hydrogen-bond donors (Lipinski definition) is 0. The van der Waals surface area contributed by atoms with Crippen LogP contribution in [0, 0.1) is 18.3 Å². The van der Waals surface area contributed by atoms with Crippen LogP contribution in [0.2, 0.25) is 0 Å². The van der Waals surface area contributed by atoms with Gasteiger partial charge in [-0.25, -0.2) is 0 Å². The van der Waals surface area contributed by atoms with Gasteiger partial charge in [0.25, 0.3) is 0 Å². The van der Waals surface area contributed by atoms with E-state index in [1.807, 2.05) is 54.3 Å². The van der Waals surface area contributed by atoms with Crippen molar-refractivity contribution in [2.24, 2.45) is 0 Å². The first-order valence-corrected chi connectivity index (χ1v) is 5.81. The molecule has 0 amide bonds. The maximum Gasteiger partial charge on any atom is 0.155 e. The number of aryl methyl sites for hydroxylation is 1. The van der Waals surface area contributed by atoms with Gasteiger partial charge in [0.05, 0.1) is 18.2 Å². The number of rotatable bonds is 4. The Hall–Kier alpha value is -2.41. The van der Waals surface area contributed by atoms with Gasteiger partial charge in [-0.1, -0.05) is 18.2 Å². The van der Waals surface area contributed by atoms with E-state index >= 15 is 0 Å². The molecule has 0 N–H and O–H groups in total. The van der Waals surface area contributed by atoms with Crippen molar-refractivity contribution in [2.75, 3.05) is 11.4 Å². The van der Waals surface area contributed by atoms with Crippen LogP contribution in [0.15, 0.2) is 42.5 Å². The third kappa shape index (κ3) is 2.83. The van der Waals surface area contributed by atoms with Crippen LogP contribution in [-0.4, -0.2) is 16.7 Å². The molecule has 0 spiro atoms. The van der Waals surface area contributed by atoms with Crippen LogP contribution in [0.3, 0.4) is 0 Å². The fourth-order valence-electron chi connectivity index (χ4n) is 1.68. The van der Waals surface area contributed by atoms with E-state index in [4.69, 9.17) is 5.26 Å². The topological polar surface area (TPSA) is 52.8 Å². The first-order valence-electron chi connectivity index (χ1n) is 5.81. The predicted molar refractivity (Wildman–Crippen MR) is 70.4 cm³/mol. The number of para-hydroxylation sites is 1. The van der Waals surface area contributed by atoms with Gasteiger partial charge in [0.1, 0.15) is 0 Å². The molecule has 2 rings (SSSR count). The van der Waals surface area contributed by atoms with Crippen molar-refractivity contribution >= 4 is 11.5 Å². The fraction of sp³-hybridized carbons (Fsp3) is 0.214. The molecule has 0 aliphatic heterocycles. The van der Waals surface area contributed by atoms with Gasteiger partial charge in [0, 0.05) is 12.2 Å². The molecule has 1 aromatic heterocycles. The van der Waals surface area contributed by atoms with E-state index in [0.717, 1.165) is 17.2 Å². The van der Waals surface area contributed by atoms with Crippen molar-refractivity contribution in [1.29, 1.82) is 5.26 Å². The maximum atomic E-state index is 8.74. The van der Waals surface area contributed by atoms with Crippen molar-refractivity contribution in [3.63, 3.8) is 0 Å². The van der Waals surface area contributed by atoms with Crippen LogP contribution < -0.4 is 4.90 Å². The van der Waals surface area contributed by atoms with Gasteiger partial charge in [-0.3, -0.25) is 0 Å². The lowest BCUT2D eigenvalue weighted by molar-refractivity contribution is 0.882. The molecule has 0 unspecified atom stereocenters. The standard InChI is InChI=1S/C14H14N4/c1-12-8-9-14(17-16-12)18(11-5-10-15)13-6-3-2-4-7-13/h2-4,6-9H,5,11H2,1H3. The van der Waals surface area contributed by atoms with Gasteiger partial charge in [-0.15, -0.1) is 5.10 Å². The second kappa shape index (κ2) is 5.78. The second-order valence-corrected chi connectivity index (χ2v) is 3.93. The smallest absolute Gasteiger partial charge is 0.155 e. The molecule has 4 nitrogen and oxygen atoms in total. The highest BCUT2D eigenvalue weighted by atomic mass is 15.3. The molecular formula is C14H14N4. The first-order chi connectivity index (χ1) is 8.81. The van der Waals surface area contributed by atoms with Crippen molar-refractivity contribution in [3.05, 3.63) is 48.2 Å². The van der Waals surface area contributed by atoms with Crippen LogP contribution >= 0.6 is 0 Å². The van der Waals surface area contributed by atoms with Crippen molar-refractivity contribution in [3.8, 4) is 6.07 Å². The SMILES string of the molecule is Cc1ccc(N(CCC#N)c2ccccc2)nn1. The molecule has 0 atom stereocenters. The van der Waals surface area contributed by atoms with Crippen LogP contribution in [-0.2, 0) is 0 Å². The summed E-state index contributed by atoms with van der Waals surface area (Å²) in [4.78, 5) is 2.00. The summed E-state index contributed by atoms with van der Waals surface area (Å²) in [5.74, 6) is 0.766. The van der Waals surface area contributed by atoms with Crippen LogP contribution in [0.5, 0.6) is 0 Å². The van der Waals surface area contributed by atoms with Gasteiger partial charge in [-0.05, 0) is 31.2 Å². The lowest BCUT2D eigenvalue weighted by Gasteiger charge is -2.22. The highest BCUT2D eigenvalue weighted by Gasteiger charge is 2.10. The van der Waals surface area contributed by atoms with E-state index in [0.29, 0.717) is 13.0 Å². The van der Waals surface area contributed by atoms with E-state index in [-0.39, 0.29) is 0 Å². The largest absolute Gasteiger partial charge is 0.324 e. The van der Waals surface area contributed by atoms with Crippen molar-refractivity contribution in [2.45, 2.75) is 13.3 Å². The molecule has 0 saturated heterocycles. The summed E-state index contributed by atoms with van der Waals surface area (Å²) in [6, 6.07) is 15.9. The van der Waals surface area contributed by atoms with E-state index in [9.17, 15) is 0 Å². The monoisotopic (exact) mass is 238 g/mol. The first kappa shape index (κ1) is 12.1. The zero-order valence-electron chi connectivity index (χ0n) is 10.2. The predicted octanol–water partition coefficient (Wildman–Crippen LogP) is 2.84. The average molecular weight is 238 g/mol. The van der Waals surface area contributed by atoms with Crippen molar-refractivity contribution in [1.82, 2.24) is 10.2 Å². The highest BCUT2D eigenvalue weighted by Crippen LogP contribution is 2.22. The summed E-state index contributed by atoms with van der Waals surface area (Å²) < 4.78 is 0. The number of hydrogen-bond acceptors (Lipinski definition) is 4.